The van der Waals surface area contributed by atoms with Gasteiger partial charge < -0.3 is 20.6 Å². The molecule has 0 aromatic carbocycles. The van der Waals surface area contributed by atoms with Gasteiger partial charge in [-0.2, -0.15) is 0 Å². The van der Waals surface area contributed by atoms with E-state index in [1.807, 2.05) is 0 Å². The molecule has 0 unspecified atom stereocenters. The maximum atomic E-state index is 12.2. The average molecular weight is 484 g/mol. The number of carbonyl (C=O) groups is 1. The summed E-state index contributed by atoms with van der Waals surface area (Å²) in [6, 6.07) is -0.804. The summed E-state index contributed by atoms with van der Waals surface area (Å²) < 4.78 is 0. The highest BCUT2D eigenvalue weighted by atomic mass is 16.3. The maximum Gasteiger partial charge on any atom is 0.220 e. The van der Waals surface area contributed by atoms with Crippen LogP contribution in [0.15, 0.2) is 12.2 Å². The van der Waals surface area contributed by atoms with Crippen molar-refractivity contribution in [1.82, 2.24) is 5.32 Å². The summed E-state index contributed by atoms with van der Waals surface area (Å²) in [5.74, 6) is -0.158. The Hall–Kier alpha value is -0.910. The van der Waals surface area contributed by atoms with Gasteiger partial charge in [-0.15, -0.1) is 0 Å². The van der Waals surface area contributed by atoms with E-state index in [2.05, 4.69) is 31.3 Å². The van der Waals surface area contributed by atoms with Gasteiger partial charge in [0.2, 0.25) is 5.91 Å². The lowest BCUT2D eigenvalue weighted by Gasteiger charge is -2.26. The number of nitrogens with one attached hydrogen (secondary N) is 1. The van der Waals surface area contributed by atoms with Crippen LogP contribution in [0.1, 0.15) is 142 Å². The molecular weight excluding hydrogens is 426 g/mol. The molecule has 0 aromatic heterocycles. The molecule has 34 heavy (non-hydrogen) atoms. The molecule has 0 aliphatic carbocycles. The lowest BCUT2D eigenvalue weighted by atomic mass is 9.99. The molecule has 4 N–H and O–H groups in total. The molecule has 0 saturated heterocycles. The fourth-order valence-corrected chi connectivity index (χ4v) is 4.34. The van der Waals surface area contributed by atoms with E-state index in [-0.39, 0.29) is 12.5 Å². The molecule has 3 atom stereocenters. The molecule has 0 fully saturated rings. The second kappa shape index (κ2) is 25.2. The van der Waals surface area contributed by atoms with Crippen molar-refractivity contribution in [2.45, 2.75) is 161 Å². The Balaban J connectivity index is 3.80. The van der Waals surface area contributed by atoms with Gasteiger partial charge in [0, 0.05) is 6.42 Å². The second-order valence-electron chi connectivity index (χ2n) is 9.92. The Labute approximate surface area is 210 Å². The van der Waals surface area contributed by atoms with Crippen LogP contribution in [0.4, 0.5) is 0 Å². The van der Waals surface area contributed by atoms with Crippen LogP contribution in [0.2, 0.25) is 0 Å². The minimum Gasteiger partial charge on any atom is -0.394 e. The molecule has 0 spiro atoms. The first-order chi connectivity index (χ1) is 16.6. The van der Waals surface area contributed by atoms with Crippen molar-refractivity contribution >= 4 is 5.91 Å². The number of hydrogen-bond acceptors (Lipinski definition) is 4. The Morgan fingerprint density at radius 1 is 0.735 bits per heavy atom. The molecule has 0 saturated carbocycles. The van der Waals surface area contributed by atoms with Crippen molar-refractivity contribution in [2.75, 3.05) is 6.61 Å². The number of unbranched alkanes of at least 4 members (excludes halogenated alkanes) is 15. The first-order valence-electron chi connectivity index (χ1n) is 14.5. The molecule has 0 bridgehead atoms. The van der Waals surface area contributed by atoms with Gasteiger partial charge in [-0.3, -0.25) is 4.79 Å². The van der Waals surface area contributed by atoms with Crippen molar-refractivity contribution in [3.8, 4) is 0 Å². The van der Waals surface area contributed by atoms with Gasteiger partial charge in [-0.1, -0.05) is 116 Å². The summed E-state index contributed by atoms with van der Waals surface area (Å²) >= 11 is 0. The minimum absolute atomic E-state index is 0.158. The van der Waals surface area contributed by atoms with E-state index < -0.39 is 18.2 Å². The lowest BCUT2D eigenvalue weighted by molar-refractivity contribution is -0.124. The van der Waals surface area contributed by atoms with Crippen LogP contribution in [0.25, 0.3) is 0 Å². The third-order valence-electron chi connectivity index (χ3n) is 6.63. The lowest BCUT2D eigenvalue weighted by Crippen LogP contribution is -2.50. The number of carbonyl (C=O) groups excluding carboxylic acids is 1. The van der Waals surface area contributed by atoms with E-state index in [0.29, 0.717) is 12.8 Å². The molecule has 0 heterocycles. The van der Waals surface area contributed by atoms with Gasteiger partial charge in [-0.05, 0) is 32.1 Å². The molecule has 0 aliphatic rings. The molecule has 0 aliphatic heterocycles. The summed E-state index contributed by atoms with van der Waals surface area (Å²) in [6.45, 7) is 4.02. The molecule has 0 radical (unpaired) electrons. The normalized spacial score (nSPS) is 14.4. The molecule has 5 nitrogen and oxygen atoms in total. The van der Waals surface area contributed by atoms with E-state index in [1.165, 1.54) is 64.2 Å². The van der Waals surface area contributed by atoms with Gasteiger partial charge in [0.25, 0.3) is 0 Å². The average Bonchev–Trinajstić information content (AvgIpc) is 2.84. The van der Waals surface area contributed by atoms with Crippen LogP contribution in [0, 0.1) is 0 Å². The second-order valence-corrected chi connectivity index (χ2v) is 9.92. The van der Waals surface area contributed by atoms with Gasteiger partial charge in [0.15, 0.2) is 0 Å². The Bertz CT molecular complexity index is 469. The van der Waals surface area contributed by atoms with Crippen LogP contribution in [-0.2, 0) is 4.79 Å². The third kappa shape index (κ3) is 20.5. The van der Waals surface area contributed by atoms with Gasteiger partial charge >= 0.3 is 0 Å². The van der Waals surface area contributed by atoms with E-state index in [4.69, 9.17) is 0 Å². The summed E-state index contributed by atoms with van der Waals surface area (Å²) in [5, 5.41) is 33.0. The molecule has 1 amide bonds. The molecule has 202 valence electrons. The monoisotopic (exact) mass is 483 g/mol. The van der Waals surface area contributed by atoms with Crippen molar-refractivity contribution in [3.05, 3.63) is 12.2 Å². The number of amides is 1. The first-order valence-corrected chi connectivity index (χ1v) is 14.5. The van der Waals surface area contributed by atoms with E-state index in [9.17, 15) is 20.1 Å². The fourth-order valence-electron chi connectivity index (χ4n) is 4.34. The maximum absolute atomic E-state index is 12.2. The van der Waals surface area contributed by atoms with E-state index in [0.717, 1.165) is 51.4 Å². The van der Waals surface area contributed by atoms with E-state index >= 15 is 0 Å². The zero-order valence-electron chi connectivity index (χ0n) is 22.5. The largest absolute Gasteiger partial charge is 0.394 e. The van der Waals surface area contributed by atoms with Crippen LogP contribution in [-0.4, -0.2) is 46.1 Å². The highest BCUT2D eigenvalue weighted by Gasteiger charge is 2.26. The van der Waals surface area contributed by atoms with Crippen molar-refractivity contribution in [2.24, 2.45) is 0 Å². The van der Waals surface area contributed by atoms with Crippen molar-refractivity contribution in [3.63, 3.8) is 0 Å². The predicted octanol–water partition coefficient (Wildman–Crippen LogP) is 6.58. The van der Waals surface area contributed by atoms with Crippen LogP contribution in [0.5, 0.6) is 0 Å². The standard InChI is InChI=1S/C29H57NO4/c1-3-5-7-9-11-13-15-17-19-21-23-27(32)29(34)26(25-31)30-28(33)24-22-20-18-16-14-12-10-8-6-4-2/h6,8,26-27,29,31-32,34H,3-5,7,9-25H2,1-2H3,(H,30,33)/b8-6-/t26-,27+,29-/m0/s1. The molecular formula is C29H57NO4. The summed E-state index contributed by atoms with van der Waals surface area (Å²) in [5.41, 5.74) is 0. The highest BCUT2D eigenvalue weighted by Crippen LogP contribution is 2.14. The summed E-state index contributed by atoms with van der Waals surface area (Å²) in [6.07, 6.45) is 24.4. The van der Waals surface area contributed by atoms with Gasteiger partial charge in [0.05, 0.1) is 18.8 Å². The molecule has 0 aromatic rings. The number of aliphatic hydroxyl groups excluding tert-OH is 3. The van der Waals surface area contributed by atoms with Gasteiger partial charge in [-0.25, -0.2) is 0 Å². The fraction of sp³-hybridized carbons (Fsp3) is 0.897. The summed E-state index contributed by atoms with van der Waals surface area (Å²) in [4.78, 5) is 12.2. The first kappa shape index (κ1) is 33.1. The molecule has 5 heteroatoms. The summed E-state index contributed by atoms with van der Waals surface area (Å²) in [7, 11) is 0. The Morgan fingerprint density at radius 2 is 1.26 bits per heavy atom. The van der Waals surface area contributed by atoms with Crippen LogP contribution >= 0.6 is 0 Å². The van der Waals surface area contributed by atoms with Gasteiger partial charge in [0.1, 0.15) is 6.10 Å². The van der Waals surface area contributed by atoms with Crippen molar-refractivity contribution < 1.29 is 20.1 Å². The zero-order valence-corrected chi connectivity index (χ0v) is 22.5. The Kier molecular flexibility index (Phi) is 24.5. The number of hydrogen-bond donors (Lipinski definition) is 4. The minimum atomic E-state index is -1.13. The van der Waals surface area contributed by atoms with Crippen LogP contribution in [0.3, 0.4) is 0 Å². The van der Waals surface area contributed by atoms with Crippen LogP contribution < -0.4 is 5.32 Å². The topological polar surface area (TPSA) is 89.8 Å². The Morgan fingerprint density at radius 3 is 1.82 bits per heavy atom. The smallest absolute Gasteiger partial charge is 0.220 e. The zero-order chi connectivity index (χ0) is 25.3. The number of rotatable bonds is 25. The SMILES string of the molecule is CC/C=C\CCCCCCCCC(=O)N[C@@H](CO)[C@H](O)[C@H](O)CCCCCCCCCCCC. The predicted molar refractivity (Wildman–Crippen MR) is 144 cm³/mol. The quantitative estimate of drug-likeness (QED) is 0.0871. The third-order valence-corrected chi connectivity index (χ3v) is 6.63. The number of aliphatic hydroxyl groups is 3. The number of allylic oxidation sites excluding steroid dienone is 2. The van der Waals surface area contributed by atoms with E-state index in [1.54, 1.807) is 0 Å². The van der Waals surface area contributed by atoms with Crippen molar-refractivity contribution in [1.29, 1.82) is 0 Å². The molecule has 0 rings (SSSR count). The highest BCUT2D eigenvalue weighted by molar-refractivity contribution is 5.76.